The molecule has 0 aliphatic heterocycles. The molecule has 1 aliphatic carbocycles. The van der Waals surface area contributed by atoms with Gasteiger partial charge in [0.1, 0.15) is 17.1 Å². The Labute approximate surface area is 163 Å². The highest BCUT2D eigenvalue weighted by atomic mass is 16.5. The lowest BCUT2D eigenvalue weighted by Gasteiger charge is -2.13. The van der Waals surface area contributed by atoms with Crippen LogP contribution in [0.15, 0.2) is 30.5 Å². The van der Waals surface area contributed by atoms with Gasteiger partial charge in [0.25, 0.3) is 0 Å². The Balaban J connectivity index is 1.62. The van der Waals surface area contributed by atoms with E-state index < -0.39 is 0 Å². The fraction of sp³-hybridized carbons (Fsp3) is 0.400. The first-order valence-electron chi connectivity index (χ1n) is 9.56. The predicted molar refractivity (Wildman–Crippen MR) is 107 cm³/mol. The van der Waals surface area contributed by atoms with Gasteiger partial charge in [-0.3, -0.25) is 9.36 Å². The van der Waals surface area contributed by atoms with Gasteiger partial charge in [0, 0.05) is 17.6 Å². The summed E-state index contributed by atoms with van der Waals surface area (Å²) in [6.07, 6.45) is 4.13. The molecular formula is C20H24N6O2. The number of imidazole rings is 1. The van der Waals surface area contributed by atoms with E-state index in [0.29, 0.717) is 19.0 Å². The van der Waals surface area contributed by atoms with Crippen molar-refractivity contribution in [1.29, 1.82) is 0 Å². The van der Waals surface area contributed by atoms with Crippen molar-refractivity contribution in [3.8, 4) is 11.4 Å². The van der Waals surface area contributed by atoms with Crippen molar-refractivity contribution in [2.75, 3.05) is 11.9 Å². The molecule has 0 bridgehead atoms. The van der Waals surface area contributed by atoms with E-state index in [4.69, 9.17) is 15.5 Å². The molecule has 28 heavy (non-hydrogen) atoms. The van der Waals surface area contributed by atoms with Gasteiger partial charge in [-0.2, -0.15) is 4.98 Å². The molecule has 8 nitrogen and oxygen atoms in total. The average Bonchev–Trinajstić information content (AvgIpc) is 3.26. The minimum Gasteiger partial charge on any atom is -0.494 e. The van der Waals surface area contributed by atoms with Crippen LogP contribution in [0.2, 0.25) is 0 Å². The van der Waals surface area contributed by atoms with Crippen LogP contribution in [0.4, 0.5) is 5.95 Å². The largest absolute Gasteiger partial charge is 0.494 e. The molecule has 2 heterocycles. The van der Waals surface area contributed by atoms with Crippen molar-refractivity contribution in [2.24, 2.45) is 11.7 Å². The summed E-state index contributed by atoms with van der Waals surface area (Å²) >= 11 is 0. The summed E-state index contributed by atoms with van der Waals surface area (Å²) in [7, 11) is 0. The summed E-state index contributed by atoms with van der Waals surface area (Å²) in [5, 5.41) is 3.34. The fourth-order valence-corrected chi connectivity index (χ4v) is 3.78. The Morgan fingerprint density at radius 3 is 2.75 bits per heavy atom. The Kier molecular flexibility index (Phi) is 4.85. The van der Waals surface area contributed by atoms with Crippen LogP contribution in [0, 0.1) is 12.8 Å². The first kappa shape index (κ1) is 18.2. The van der Waals surface area contributed by atoms with E-state index in [0.717, 1.165) is 41.3 Å². The second-order valence-electron chi connectivity index (χ2n) is 7.08. The van der Waals surface area contributed by atoms with Crippen LogP contribution in [0.5, 0.6) is 5.75 Å². The lowest BCUT2D eigenvalue weighted by atomic mass is 10.1. The molecule has 1 amide bonds. The lowest BCUT2D eigenvalue weighted by molar-refractivity contribution is -0.121. The minimum atomic E-state index is -0.232. The standard InChI is InChI=1S/C20H24N6O2/c1-3-28-16-8-6-15(7-9-16)26-12(2)23-17-11-22-20(25-19(17)26)24-14-5-4-13(10-14)18(21)27/h6-9,11,13-14H,3-5,10H2,1-2H3,(H2,21,27)(H,22,24,25)/t13-,14-/m1/s1. The van der Waals surface area contributed by atoms with Gasteiger partial charge < -0.3 is 15.8 Å². The Hall–Kier alpha value is -3.16. The van der Waals surface area contributed by atoms with Gasteiger partial charge in [-0.25, -0.2) is 9.97 Å². The number of hydrogen-bond acceptors (Lipinski definition) is 6. The van der Waals surface area contributed by atoms with E-state index in [-0.39, 0.29) is 17.9 Å². The lowest BCUT2D eigenvalue weighted by Crippen LogP contribution is -2.23. The third-order valence-corrected chi connectivity index (χ3v) is 5.14. The SMILES string of the molecule is CCOc1ccc(-n2c(C)nc3cnc(N[C@@H]4CC[C@@H](C(N)=O)C4)nc32)cc1. The number of benzene rings is 1. The minimum absolute atomic E-state index is 0.0714. The number of nitrogens with two attached hydrogens (primary N) is 1. The van der Waals surface area contributed by atoms with Gasteiger partial charge in [-0.1, -0.05) is 0 Å². The summed E-state index contributed by atoms with van der Waals surface area (Å²) in [4.78, 5) is 25.0. The Bertz CT molecular complexity index is 998. The van der Waals surface area contributed by atoms with Crippen molar-refractivity contribution >= 4 is 23.0 Å². The van der Waals surface area contributed by atoms with Crippen LogP contribution in [-0.2, 0) is 4.79 Å². The number of fused-ring (bicyclic) bond motifs is 1. The van der Waals surface area contributed by atoms with Gasteiger partial charge in [0.2, 0.25) is 11.9 Å². The maximum atomic E-state index is 11.4. The number of aromatic nitrogens is 4. The number of aryl methyl sites for hydroxylation is 1. The quantitative estimate of drug-likeness (QED) is 0.680. The van der Waals surface area contributed by atoms with Crippen molar-refractivity contribution in [1.82, 2.24) is 19.5 Å². The van der Waals surface area contributed by atoms with Gasteiger partial charge in [0.05, 0.1) is 12.8 Å². The normalized spacial score (nSPS) is 19.1. The molecule has 4 rings (SSSR count). The Morgan fingerprint density at radius 2 is 2.07 bits per heavy atom. The summed E-state index contributed by atoms with van der Waals surface area (Å²) in [6, 6.07) is 8.00. The van der Waals surface area contributed by atoms with Crippen molar-refractivity contribution in [3.05, 3.63) is 36.3 Å². The molecule has 0 saturated heterocycles. The van der Waals surface area contributed by atoms with Crippen molar-refractivity contribution in [2.45, 2.75) is 39.2 Å². The maximum Gasteiger partial charge on any atom is 0.224 e. The number of carbonyl (C=O) groups is 1. The van der Waals surface area contributed by atoms with Gasteiger partial charge >= 0.3 is 0 Å². The molecule has 1 saturated carbocycles. The van der Waals surface area contributed by atoms with E-state index >= 15 is 0 Å². The van der Waals surface area contributed by atoms with E-state index in [1.165, 1.54) is 0 Å². The number of nitrogens with one attached hydrogen (secondary N) is 1. The molecule has 3 N–H and O–H groups in total. The monoisotopic (exact) mass is 380 g/mol. The highest BCUT2D eigenvalue weighted by Crippen LogP contribution is 2.28. The van der Waals surface area contributed by atoms with Gasteiger partial charge in [-0.05, 0) is 57.4 Å². The Morgan fingerprint density at radius 1 is 1.29 bits per heavy atom. The molecule has 8 heteroatoms. The molecule has 0 radical (unpaired) electrons. The zero-order valence-electron chi connectivity index (χ0n) is 16.1. The van der Waals surface area contributed by atoms with E-state index in [1.807, 2.05) is 42.7 Å². The molecule has 1 aromatic carbocycles. The van der Waals surface area contributed by atoms with Crippen LogP contribution in [0.25, 0.3) is 16.9 Å². The summed E-state index contributed by atoms with van der Waals surface area (Å²) in [5.41, 5.74) is 7.86. The van der Waals surface area contributed by atoms with Crippen LogP contribution in [0.1, 0.15) is 32.0 Å². The smallest absolute Gasteiger partial charge is 0.224 e. The average molecular weight is 380 g/mol. The van der Waals surface area contributed by atoms with Gasteiger partial charge in [0.15, 0.2) is 5.65 Å². The third kappa shape index (κ3) is 3.49. The molecule has 146 valence electrons. The number of amides is 1. The molecule has 0 unspecified atom stereocenters. The summed E-state index contributed by atoms with van der Waals surface area (Å²) in [6.45, 7) is 4.54. The highest BCUT2D eigenvalue weighted by Gasteiger charge is 2.28. The molecule has 1 aliphatic rings. The number of nitrogens with zero attached hydrogens (tertiary/aromatic N) is 4. The van der Waals surface area contributed by atoms with E-state index in [9.17, 15) is 4.79 Å². The van der Waals surface area contributed by atoms with E-state index in [2.05, 4.69) is 15.3 Å². The molecule has 0 spiro atoms. The third-order valence-electron chi connectivity index (χ3n) is 5.14. The fourth-order valence-electron chi connectivity index (χ4n) is 3.78. The molecule has 2 aromatic heterocycles. The number of rotatable bonds is 6. The molecular weight excluding hydrogens is 356 g/mol. The number of carbonyl (C=O) groups excluding carboxylic acids is 1. The molecule has 3 aromatic rings. The number of ether oxygens (including phenoxy) is 1. The molecule has 1 fully saturated rings. The second-order valence-corrected chi connectivity index (χ2v) is 7.08. The highest BCUT2D eigenvalue weighted by molar-refractivity contribution is 5.77. The van der Waals surface area contributed by atoms with Crippen LogP contribution in [0.3, 0.4) is 0 Å². The van der Waals surface area contributed by atoms with Crippen molar-refractivity contribution < 1.29 is 9.53 Å². The number of anilines is 1. The zero-order chi connectivity index (χ0) is 19.7. The zero-order valence-corrected chi connectivity index (χ0v) is 16.1. The number of hydrogen-bond donors (Lipinski definition) is 2. The first-order chi connectivity index (χ1) is 13.5. The summed E-state index contributed by atoms with van der Waals surface area (Å²) < 4.78 is 7.52. The van der Waals surface area contributed by atoms with Crippen molar-refractivity contribution in [3.63, 3.8) is 0 Å². The number of primary amides is 1. The van der Waals surface area contributed by atoms with Crippen LogP contribution < -0.4 is 15.8 Å². The second kappa shape index (κ2) is 7.46. The van der Waals surface area contributed by atoms with Gasteiger partial charge in [-0.15, -0.1) is 0 Å². The van der Waals surface area contributed by atoms with E-state index in [1.54, 1.807) is 6.20 Å². The van der Waals surface area contributed by atoms with Crippen LogP contribution >= 0.6 is 0 Å². The van der Waals surface area contributed by atoms with Crippen LogP contribution in [-0.4, -0.2) is 38.1 Å². The predicted octanol–water partition coefficient (Wildman–Crippen LogP) is 2.59. The first-order valence-corrected chi connectivity index (χ1v) is 9.56. The maximum absolute atomic E-state index is 11.4. The summed E-state index contributed by atoms with van der Waals surface area (Å²) in [5.74, 6) is 1.90. The topological polar surface area (TPSA) is 108 Å². The molecule has 2 atom stereocenters.